The second-order valence-electron chi connectivity index (χ2n) is 8.84. The number of hydrogen-bond acceptors (Lipinski definition) is 4. The second-order valence-corrected chi connectivity index (χ2v) is 9.89. The Morgan fingerprint density at radius 3 is 2.63 bits per heavy atom. The van der Waals surface area contributed by atoms with Gasteiger partial charge in [0.05, 0.1) is 15.7 Å². The molecule has 4 heterocycles. The van der Waals surface area contributed by atoms with Gasteiger partial charge in [0.25, 0.3) is 5.91 Å². The average Bonchev–Trinajstić information content (AvgIpc) is 3.05. The van der Waals surface area contributed by atoms with Crippen molar-refractivity contribution >= 4 is 27.3 Å². The van der Waals surface area contributed by atoms with Crippen LogP contribution in [0.1, 0.15) is 55.8 Å². The Kier molecular flexibility index (Phi) is 4.71. The number of rotatable bonds is 4. The molecule has 146 valence electrons. The van der Waals surface area contributed by atoms with Gasteiger partial charge in [0.15, 0.2) is 0 Å². The van der Waals surface area contributed by atoms with Gasteiger partial charge in [-0.3, -0.25) is 9.69 Å². The lowest BCUT2D eigenvalue weighted by Crippen LogP contribution is -2.69. The summed E-state index contributed by atoms with van der Waals surface area (Å²) in [6.07, 6.45) is 2.49. The summed E-state index contributed by atoms with van der Waals surface area (Å²) >= 11 is 1.55. The first-order valence-corrected chi connectivity index (χ1v) is 10.8. The minimum atomic E-state index is 0.0238. The van der Waals surface area contributed by atoms with Gasteiger partial charge in [-0.15, -0.1) is 11.3 Å². The zero-order chi connectivity index (χ0) is 19.3. The smallest absolute Gasteiger partial charge is 0.261 e. The van der Waals surface area contributed by atoms with E-state index < -0.39 is 0 Å². The molecule has 0 saturated carbocycles. The Balaban J connectivity index is 1.62. The Hall–Kier alpha value is -1.59. The number of thiophene rings is 1. The summed E-state index contributed by atoms with van der Waals surface area (Å²) in [5.74, 6) is 1.55. The molecule has 5 rings (SSSR count). The van der Waals surface area contributed by atoms with E-state index >= 15 is 0 Å². The highest BCUT2D eigenvalue weighted by Gasteiger charge is 2.48. The van der Waals surface area contributed by atoms with Crippen LogP contribution in [-0.2, 0) is 0 Å². The fraction of sp³-hybridized carbons (Fsp3) is 0.591. The highest BCUT2D eigenvalue weighted by Crippen LogP contribution is 2.40. The molecule has 3 aliphatic heterocycles. The van der Waals surface area contributed by atoms with Gasteiger partial charge in [-0.25, -0.2) is 0 Å². The zero-order valence-corrected chi connectivity index (χ0v) is 17.8. The second kappa shape index (κ2) is 6.78. The van der Waals surface area contributed by atoms with E-state index in [2.05, 4.69) is 43.1 Å². The third-order valence-electron chi connectivity index (χ3n) is 6.29. The van der Waals surface area contributed by atoms with Gasteiger partial charge in [-0.1, -0.05) is 12.1 Å². The third-order valence-corrected chi connectivity index (χ3v) is 7.44. The summed E-state index contributed by atoms with van der Waals surface area (Å²) in [6, 6.07) is 6.38. The number of nitrogens with zero attached hydrogens (tertiary/aromatic N) is 1. The molecule has 1 aromatic heterocycles. The van der Waals surface area contributed by atoms with Crippen LogP contribution in [0.25, 0.3) is 10.1 Å². The zero-order valence-electron chi connectivity index (χ0n) is 17.0. The maximum atomic E-state index is 13.1. The maximum absolute atomic E-state index is 13.1. The predicted octanol–water partition coefficient (Wildman–Crippen LogP) is 4.60. The number of hydrogen-bond donors (Lipinski definition) is 1. The van der Waals surface area contributed by atoms with Crippen molar-refractivity contribution in [2.24, 2.45) is 5.92 Å². The molecule has 2 bridgehead atoms. The molecule has 3 saturated heterocycles. The Labute approximate surface area is 165 Å². The largest absolute Gasteiger partial charge is 0.489 e. The van der Waals surface area contributed by atoms with Gasteiger partial charge in [0, 0.05) is 11.6 Å². The van der Waals surface area contributed by atoms with E-state index in [1.54, 1.807) is 11.3 Å². The SMILES string of the molecule is Cc1ccc2cc(C(=O)N[C@H]3C4CCN(CC4)C3(C)C)sc2c1OC(C)C. The quantitative estimate of drug-likeness (QED) is 0.835. The van der Waals surface area contributed by atoms with E-state index in [1.165, 1.54) is 12.8 Å². The van der Waals surface area contributed by atoms with Crippen LogP contribution in [0.3, 0.4) is 0 Å². The maximum Gasteiger partial charge on any atom is 0.261 e. The van der Waals surface area contributed by atoms with Crippen LogP contribution in [0.15, 0.2) is 18.2 Å². The van der Waals surface area contributed by atoms with Crippen LogP contribution >= 0.6 is 11.3 Å². The molecule has 0 aliphatic carbocycles. The molecule has 0 unspecified atom stereocenters. The Bertz CT molecular complexity index is 863. The van der Waals surface area contributed by atoms with Crippen molar-refractivity contribution in [2.75, 3.05) is 13.1 Å². The van der Waals surface area contributed by atoms with E-state index in [1.807, 2.05) is 19.9 Å². The van der Waals surface area contributed by atoms with Crippen LogP contribution in [-0.4, -0.2) is 41.6 Å². The van der Waals surface area contributed by atoms with Crippen molar-refractivity contribution in [1.29, 1.82) is 0 Å². The molecule has 3 aliphatic rings. The molecule has 0 radical (unpaired) electrons. The van der Waals surface area contributed by atoms with Crippen LogP contribution in [0, 0.1) is 12.8 Å². The summed E-state index contributed by atoms with van der Waals surface area (Å²) in [7, 11) is 0. The third kappa shape index (κ3) is 3.25. The van der Waals surface area contributed by atoms with Gasteiger partial charge in [-0.2, -0.15) is 0 Å². The van der Waals surface area contributed by atoms with Crippen LogP contribution in [0.2, 0.25) is 0 Å². The predicted molar refractivity (Wildman–Crippen MR) is 112 cm³/mol. The highest BCUT2D eigenvalue weighted by molar-refractivity contribution is 7.21. The van der Waals surface area contributed by atoms with E-state index in [9.17, 15) is 4.79 Å². The molecular formula is C22H30N2O2S. The molecule has 0 spiro atoms. The molecule has 1 amide bonds. The summed E-state index contributed by atoms with van der Waals surface area (Å²) < 4.78 is 7.12. The molecule has 2 aromatic rings. The number of carbonyl (C=O) groups excluding carboxylic acids is 1. The monoisotopic (exact) mass is 386 g/mol. The van der Waals surface area contributed by atoms with E-state index in [4.69, 9.17) is 4.74 Å². The number of amides is 1. The molecule has 3 fully saturated rings. The molecule has 1 aromatic carbocycles. The summed E-state index contributed by atoms with van der Waals surface area (Å²) in [6.45, 7) is 13.0. The van der Waals surface area contributed by atoms with Gasteiger partial charge < -0.3 is 10.1 Å². The molecule has 1 atom stereocenters. The fourth-order valence-corrected chi connectivity index (χ4v) is 5.86. The minimum Gasteiger partial charge on any atom is -0.489 e. The Morgan fingerprint density at radius 1 is 1.30 bits per heavy atom. The number of aryl methyl sites for hydroxylation is 1. The lowest BCUT2D eigenvalue weighted by Gasteiger charge is -2.56. The van der Waals surface area contributed by atoms with Crippen molar-refractivity contribution in [3.05, 3.63) is 28.6 Å². The molecule has 27 heavy (non-hydrogen) atoms. The summed E-state index contributed by atoms with van der Waals surface area (Å²) in [5.41, 5.74) is 1.14. The van der Waals surface area contributed by atoms with E-state index in [-0.39, 0.29) is 23.6 Å². The lowest BCUT2D eigenvalue weighted by atomic mass is 9.72. The van der Waals surface area contributed by atoms with Crippen molar-refractivity contribution in [3.8, 4) is 5.75 Å². The van der Waals surface area contributed by atoms with Crippen LogP contribution < -0.4 is 10.1 Å². The van der Waals surface area contributed by atoms with Gasteiger partial charge in [0.2, 0.25) is 0 Å². The minimum absolute atomic E-state index is 0.0238. The summed E-state index contributed by atoms with van der Waals surface area (Å²) in [5, 5.41) is 4.46. The number of piperidine rings is 3. The van der Waals surface area contributed by atoms with Crippen molar-refractivity contribution in [3.63, 3.8) is 0 Å². The molecule has 5 heteroatoms. The number of carbonyl (C=O) groups is 1. The first kappa shape index (κ1) is 18.8. The fourth-order valence-electron chi connectivity index (χ4n) is 4.76. The summed E-state index contributed by atoms with van der Waals surface area (Å²) in [4.78, 5) is 16.4. The highest BCUT2D eigenvalue weighted by atomic mass is 32.1. The molecule has 1 N–H and O–H groups in total. The molecule has 4 nitrogen and oxygen atoms in total. The first-order chi connectivity index (χ1) is 12.8. The Morgan fingerprint density at radius 2 is 2.00 bits per heavy atom. The number of ether oxygens (including phenoxy) is 1. The first-order valence-electron chi connectivity index (χ1n) is 10.0. The topological polar surface area (TPSA) is 41.6 Å². The van der Waals surface area contributed by atoms with Gasteiger partial charge >= 0.3 is 0 Å². The van der Waals surface area contributed by atoms with Gasteiger partial charge in [0.1, 0.15) is 5.75 Å². The van der Waals surface area contributed by atoms with Crippen molar-refractivity contribution in [2.45, 2.75) is 65.1 Å². The number of benzene rings is 1. The standard InChI is InChI=1S/C22H30N2O2S/c1-13(2)26-18-14(3)6-7-16-12-17(27-19(16)18)21(25)23-20-15-8-10-24(11-9-15)22(20,4)5/h6-7,12-13,15,20H,8-11H2,1-5H3,(H,23,25)/t20-/m0/s1. The van der Waals surface area contributed by atoms with Crippen LogP contribution in [0.4, 0.5) is 0 Å². The normalized spacial score (nSPS) is 26.5. The molecular weight excluding hydrogens is 356 g/mol. The van der Waals surface area contributed by atoms with Gasteiger partial charge in [-0.05, 0) is 83.5 Å². The van der Waals surface area contributed by atoms with Crippen molar-refractivity contribution in [1.82, 2.24) is 10.2 Å². The van der Waals surface area contributed by atoms with Crippen LogP contribution in [0.5, 0.6) is 5.75 Å². The van der Waals surface area contributed by atoms with E-state index in [0.717, 1.165) is 39.4 Å². The average molecular weight is 387 g/mol. The van der Waals surface area contributed by atoms with E-state index in [0.29, 0.717) is 5.92 Å². The number of nitrogens with one attached hydrogen (secondary N) is 1. The number of fused-ring (bicyclic) bond motifs is 4. The lowest BCUT2D eigenvalue weighted by molar-refractivity contribution is -0.0377. The van der Waals surface area contributed by atoms with Crippen molar-refractivity contribution < 1.29 is 9.53 Å².